The van der Waals surface area contributed by atoms with Gasteiger partial charge in [0.15, 0.2) is 0 Å². The lowest BCUT2D eigenvalue weighted by Gasteiger charge is -2.26. The van der Waals surface area contributed by atoms with E-state index in [0.717, 1.165) is 11.7 Å². The summed E-state index contributed by atoms with van der Waals surface area (Å²) in [5.41, 5.74) is 14.2. The van der Waals surface area contributed by atoms with E-state index in [1.54, 1.807) is 18.2 Å². The van der Waals surface area contributed by atoms with Crippen molar-refractivity contribution in [3.8, 4) is 11.5 Å². The van der Waals surface area contributed by atoms with Gasteiger partial charge in [0, 0.05) is 23.5 Å². The van der Waals surface area contributed by atoms with Crippen molar-refractivity contribution in [2.24, 2.45) is 5.92 Å². The maximum Gasteiger partial charge on any atom is 0.131 e. The van der Waals surface area contributed by atoms with E-state index in [0.29, 0.717) is 23.0 Å². The number of benzene rings is 2. The molecular weight excluding hydrogens is 272 g/mol. The number of nitrogens with two attached hydrogens (primary N) is 2. The molecule has 1 saturated carbocycles. The largest absolute Gasteiger partial charge is 0.457 e. The number of hydrogen-bond acceptors (Lipinski definition) is 3. The molecule has 0 spiro atoms. The van der Waals surface area contributed by atoms with E-state index < -0.39 is 0 Å². The number of anilines is 2. The van der Waals surface area contributed by atoms with Gasteiger partial charge in [-0.25, -0.2) is 0 Å². The van der Waals surface area contributed by atoms with Gasteiger partial charge in [0.05, 0.1) is 0 Å². The molecule has 1 aliphatic rings. The lowest BCUT2D eigenvalue weighted by molar-refractivity contribution is 0.348. The van der Waals surface area contributed by atoms with Crippen LogP contribution < -0.4 is 16.2 Å². The Morgan fingerprint density at radius 1 is 0.818 bits per heavy atom. The monoisotopic (exact) mass is 296 g/mol. The van der Waals surface area contributed by atoms with Crippen LogP contribution >= 0.6 is 0 Å². The second kappa shape index (κ2) is 6.30. The van der Waals surface area contributed by atoms with Gasteiger partial charge in [0.2, 0.25) is 0 Å². The predicted octanol–water partition coefficient (Wildman–Crippen LogP) is 4.94. The van der Waals surface area contributed by atoms with Crippen LogP contribution in [0.2, 0.25) is 0 Å². The third-order valence-corrected chi connectivity index (χ3v) is 4.55. The smallest absolute Gasteiger partial charge is 0.131 e. The van der Waals surface area contributed by atoms with Crippen LogP contribution in [-0.4, -0.2) is 0 Å². The first-order valence-electron chi connectivity index (χ1n) is 8.04. The summed E-state index contributed by atoms with van der Waals surface area (Å²) >= 11 is 0. The van der Waals surface area contributed by atoms with Crippen LogP contribution in [0.15, 0.2) is 42.5 Å². The fourth-order valence-corrected chi connectivity index (χ4v) is 3.24. The van der Waals surface area contributed by atoms with Crippen molar-refractivity contribution >= 4 is 11.4 Å². The molecule has 0 heterocycles. The molecule has 0 unspecified atom stereocenters. The summed E-state index contributed by atoms with van der Waals surface area (Å²) in [6, 6.07) is 13.7. The van der Waals surface area contributed by atoms with Gasteiger partial charge in [0.1, 0.15) is 11.5 Å². The van der Waals surface area contributed by atoms with Crippen molar-refractivity contribution in [3.05, 3.63) is 48.0 Å². The van der Waals surface area contributed by atoms with E-state index in [1.165, 1.54) is 31.2 Å². The molecular formula is C19H24N2O. The zero-order chi connectivity index (χ0) is 15.5. The number of rotatable bonds is 3. The molecule has 2 aromatic carbocycles. The molecule has 116 valence electrons. The normalized spacial score (nSPS) is 21.5. The molecule has 0 saturated heterocycles. The molecule has 3 nitrogen and oxygen atoms in total. The SMILES string of the molecule is CC1CCC(c2ccc(Oc3cc(N)cc(N)c3)cc2)CC1. The highest BCUT2D eigenvalue weighted by atomic mass is 16.5. The van der Waals surface area contributed by atoms with Crippen LogP contribution in [0.3, 0.4) is 0 Å². The van der Waals surface area contributed by atoms with Gasteiger partial charge in [-0.05, 0) is 48.4 Å². The fraction of sp³-hybridized carbons (Fsp3) is 0.368. The summed E-state index contributed by atoms with van der Waals surface area (Å²) in [7, 11) is 0. The Bertz CT molecular complexity index is 608. The highest BCUT2D eigenvalue weighted by Gasteiger charge is 2.19. The summed E-state index contributed by atoms with van der Waals surface area (Å²) in [6.45, 7) is 2.35. The molecule has 22 heavy (non-hydrogen) atoms. The summed E-state index contributed by atoms with van der Waals surface area (Å²) < 4.78 is 5.84. The molecule has 0 amide bonds. The summed E-state index contributed by atoms with van der Waals surface area (Å²) in [4.78, 5) is 0. The lowest BCUT2D eigenvalue weighted by Crippen LogP contribution is -2.10. The molecule has 4 N–H and O–H groups in total. The van der Waals surface area contributed by atoms with Crippen LogP contribution in [0, 0.1) is 5.92 Å². The Morgan fingerprint density at radius 3 is 2.00 bits per heavy atom. The molecule has 0 aromatic heterocycles. The second-order valence-electron chi connectivity index (χ2n) is 6.46. The van der Waals surface area contributed by atoms with Gasteiger partial charge in [-0.3, -0.25) is 0 Å². The van der Waals surface area contributed by atoms with Crippen molar-refractivity contribution in [2.75, 3.05) is 11.5 Å². The third-order valence-electron chi connectivity index (χ3n) is 4.55. The first kappa shape index (κ1) is 14.8. The van der Waals surface area contributed by atoms with E-state index in [2.05, 4.69) is 19.1 Å². The van der Waals surface area contributed by atoms with Gasteiger partial charge < -0.3 is 16.2 Å². The first-order chi connectivity index (χ1) is 10.6. The topological polar surface area (TPSA) is 61.3 Å². The molecule has 0 atom stereocenters. The van der Waals surface area contributed by atoms with Crippen LogP contribution in [-0.2, 0) is 0 Å². The average molecular weight is 296 g/mol. The van der Waals surface area contributed by atoms with Crippen LogP contribution in [0.1, 0.15) is 44.1 Å². The molecule has 1 aliphatic carbocycles. The van der Waals surface area contributed by atoms with Gasteiger partial charge in [-0.1, -0.05) is 31.9 Å². The minimum absolute atomic E-state index is 0.614. The Labute approximate surface area is 132 Å². The Hall–Kier alpha value is -2.16. The molecule has 0 aliphatic heterocycles. The summed E-state index contributed by atoms with van der Waals surface area (Å²) in [6.07, 6.45) is 5.28. The molecule has 2 aromatic rings. The second-order valence-corrected chi connectivity index (χ2v) is 6.46. The van der Waals surface area contributed by atoms with Crippen molar-refractivity contribution in [2.45, 2.75) is 38.5 Å². The number of hydrogen-bond donors (Lipinski definition) is 2. The van der Waals surface area contributed by atoms with E-state index in [4.69, 9.17) is 16.2 Å². The van der Waals surface area contributed by atoms with E-state index in [1.807, 2.05) is 12.1 Å². The maximum atomic E-state index is 5.84. The Balaban J connectivity index is 1.69. The first-order valence-corrected chi connectivity index (χ1v) is 8.04. The Kier molecular flexibility index (Phi) is 4.23. The highest BCUT2D eigenvalue weighted by Crippen LogP contribution is 2.36. The summed E-state index contributed by atoms with van der Waals surface area (Å²) in [5, 5.41) is 0. The standard InChI is InChI=1S/C19H24N2O/c1-13-2-4-14(5-3-13)15-6-8-18(9-7-15)22-19-11-16(20)10-17(21)12-19/h6-14H,2-5,20-21H2,1H3. The van der Waals surface area contributed by atoms with Crippen molar-refractivity contribution in [1.82, 2.24) is 0 Å². The minimum Gasteiger partial charge on any atom is -0.457 e. The van der Waals surface area contributed by atoms with Gasteiger partial charge >= 0.3 is 0 Å². The fourth-order valence-electron chi connectivity index (χ4n) is 3.24. The molecule has 1 fully saturated rings. The minimum atomic E-state index is 0.614. The lowest BCUT2D eigenvalue weighted by atomic mass is 9.79. The van der Waals surface area contributed by atoms with Gasteiger partial charge in [-0.2, -0.15) is 0 Å². The zero-order valence-electron chi connectivity index (χ0n) is 13.1. The zero-order valence-corrected chi connectivity index (χ0v) is 13.1. The van der Waals surface area contributed by atoms with Gasteiger partial charge in [-0.15, -0.1) is 0 Å². The van der Waals surface area contributed by atoms with Crippen molar-refractivity contribution < 1.29 is 4.74 Å². The number of nitrogen functional groups attached to an aromatic ring is 2. The van der Waals surface area contributed by atoms with Crippen molar-refractivity contribution in [1.29, 1.82) is 0 Å². The average Bonchev–Trinajstić information content (AvgIpc) is 2.48. The number of ether oxygens (including phenoxy) is 1. The van der Waals surface area contributed by atoms with Crippen LogP contribution in [0.25, 0.3) is 0 Å². The third kappa shape index (κ3) is 3.53. The van der Waals surface area contributed by atoms with E-state index in [-0.39, 0.29) is 0 Å². The summed E-state index contributed by atoms with van der Waals surface area (Å²) in [5.74, 6) is 3.08. The predicted molar refractivity (Wildman–Crippen MR) is 92.2 cm³/mol. The highest BCUT2D eigenvalue weighted by molar-refractivity contribution is 5.57. The van der Waals surface area contributed by atoms with Gasteiger partial charge in [0.25, 0.3) is 0 Å². The molecule has 3 rings (SSSR count). The van der Waals surface area contributed by atoms with E-state index in [9.17, 15) is 0 Å². The maximum absolute atomic E-state index is 5.84. The van der Waals surface area contributed by atoms with Crippen LogP contribution in [0.4, 0.5) is 11.4 Å². The molecule has 0 radical (unpaired) electrons. The van der Waals surface area contributed by atoms with E-state index >= 15 is 0 Å². The quantitative estimate of drug-likeness (QED) is 0.789. The molecule has 0 bridgehead atoms. The van der Waals surface area contributed by atoms with Crippen LogP contribution in [0.5, 0.6) is 11.5 Å². The Morgan fingerprint density at radius 2 is 1.41 bits per heavy atom. The van der Waals surface area contributed by atoms with Crippen molar-refractivity contribution in [3.63, 3.8) is 0 Å². The molecule has 3 heteroatoms.